The molecular weight excluding hydrogens is 110 g/mol. The molecule has 0 saturated carbocycles. The van der Waals surface area contributed by atoms with Crippen molar-refractivity contribution in [3.05, 3.63) is 0 Å². The van der Waals surface area contributed by atoms with Crippen LogP contribution in [-0.2, 0) is 4.79 Å². The lowest BCUT2D eigenvalue weighted by molar-refractivity contribution is 0.220. The van der Waals surface area contributed by atoms with Crippen LogP contribution in [0.25, 0.3) is 0 Å². The topological polar surface area (TPSA) is 75.8 Å². The monoisotopic (exact) mass is 115 g/mol. The Morgan fingerprint density at radius 1 is 1.88 bits per heavy atom. The number of amides is 2. The van der Waals surface area contributed by atoms with Crippen molar-refractivity contribution >= 4 is 12.1 Å². The van der Waals surface area contributed by atoms with E-state index >= 15 is 0 Å². The summed E-state index contributed by atoms with van der Waals surface area (Å²) in [6.45, 7) is 0. The third-order valence-electron chi connectivity index (χ3n) is 0.510. The average molecular weight is 115 g/mol. The molecule has 0 aliphatic carbocycles. The first-order valence-corrected chi connectivity index (χ1v) is 1.79. The van der Waals surface area contributed by atoms with Gasteiger partial charge in [-0.25, -0.2) is 14.6 Å². The zero-order chi connectivity index (χ0) is 6.57. The quantitative estimate of drug-likeness (QED) is 0.277. The van der Waals surface area contributed by atoms with Gasteiger partial charge in [0.1, 0.15) is 0 Å². The van der Waals surface area contributed by atoms with Gasteiger partial charge in [0.15, 0.2) is 0 Å². The van der Waals surface area contributed by atoms with Gasteiger partial charge in [0.25, 0.3) is 6.08 Å². The van der Waals surface area contributed by atoms with Gasteiger partial charge in [-0.3, -0.25) is 0 Å². The fraction of sp³-hybridized carbons (Fsp3) is 0.333. The van der Waals surface area contributed by atoms with E-state index in [0.717, 1.165) is 6.08 Å². The first-order chi connectivity index (χ1) is 3.68. The summed E-state index contributed by atoms with van der Waals surface area (Å²) in [6, 6.07) is -0.784. The molecule has 0 radical (unpaired) electrons. The van der Waals surface area contributed by atoms with Crippen LogP contribution in [0.15, 0.2) is 5.10 Å². The van der Waals surface area contributed by atoms with Crippen molar-refractivity contribution in [3.8, 4) is 0 Å². The van der Waals surface area contributed by atoms with Crippen molar-refractivity contribution in [1.82, 2.24) is 5.01 Å². The lowest BCUT2D eigenvalue weighted by Gasteiger charge is -2.00. The van der Waals surface area contributed by atoms with Crippen molar-refractivity contribution in [2.45, 2.75) is 0 Å². The second kappa shape index (κ2) is 2.76. The van der Waals surface area contributed by atoms with E-state index < -0.39 is 6.03 Å². The van der Waals surface area contributed by atoms with E-state index in [1.807, 2.05) is 0 Å². The fourth-order valence-corrected chi connectivity index (χ4v) is 0.111. The first-order valence-electron chi connectivity index (χ1n) is 1.79. The molecule has 0 aromatic rings. The van der Waals surface area contributed by atoms with E-state index in [1.165, 1.54) is 7.05 Å². The Bertz CT molecular complexity index is 135. The maximum atomic E-state index is 9.96. The number of urea groups is 1. The summed E-state index contributed by atoms with van der Waals surface area (Å²) in [5, 5.41) is 3.56. The molecule has 5 nitrogen and oxygen atoms in total. The van der Waals surface area contributed by atoms with Gasteiger partial charge in [-0.2, -0.15) is 0 Å². The number of nitrogens with zero attached hydrogens (tertiary/aromatic N) is 2. The molecule has 8 heavy (non-hydrogen) atoms. The van der Waals surface area contributed by atoms with Gasteiger partial charge in [0.2, 0.25) is 0 Å². The molecule has 0 aromatic carbocycles. The molecule has 0 fully saturated rings. The summed E-state index contributed by atoms with van der Waals surface area (Å²) in [7, 11) is 1.26. The third-order valence-corrected chi connectivity index (χ3v) is 0.510. The maximum Gasteiger partial charge on any atom is 0.335 e. The maximum absolute atomic E-state index is 9.96. The number of hydrogen-bond acceptors (Lipinski definition) is 3. The number of carbonyl (C=O) groups is 1. The molecule has 0 aromatic heterocycles. The van der Waals surface area contributed by atoms with Gasteiger partial charge >= 0.3 is 6.03 Å². The normalized spacial score (nSPS) is 7.12. The van der Waals surface area contributed by atoms with Gasteiger partial charge in [-0.05, 0) is 0 Å². The number of hydrazone groups is 1. The Labute approximate surface area is 45.8 Å². The Kier molecular flexibility index (Phi) is 2.30. The predicted molar refractivity (Wildman–Crippen MR) is 25.5 cm³/mol. The molecule has 0 saturated heterocycles. The van der Waals surface area contributed by atoms with Gasteiger partial charge in [-0.15, -0.1) is 0 Å². The van der Waals surface area contributed by atoms with Gasteiger partial charge < -0.3 is 5.73 Å². The van der Waals surface area contributed by atoms with E-state index in [4.69, 9.17) is 0 Å². The molecule has 0 unspecified atom stereocenters. The highest BCUT2D eigenvalue weighted by Crippen LogP contribution is 1.76. The number of isocyanates is 1. The molecule has 5 heteroatoms. The van der Waals surface area contributed by atoms with Crippen molar-refractivity contribution in [2.24, 2.45) is 10.8 Å². The van der Waals surface area contributed by atoms with Crippen LogP contribution in [0.5, 0.6) is 0 Å². The Hall–Kier alpha value is -1.35. The molecule has 0 spiro atoms. The summed E-state index contributed by atoms with van der Waals surface area (Å²) in [5.41, 5.74) is 4.64. The Balaban J connectivity index is 3.82. The number of rotatable bonds is 1. The van der Waals surface area contributed by atoms with E-state index in [0.29, 0.717) is 5.01 Å². The molecule has 0 heterocycles. The van der Waals surface area contributed by atoms with Crippen LogP contribution in [0.2, 0.25) is 0 Å². The number of primary amides is 1. The standard InChI is InChI=1S/C3H5N3O2/c1-6(3(4)8)5-2-7/h1H3,(H2,4,8). The van der Waals surface area contributed by atoms with Crippen LogP contribution in [0, 0.1) is 0 Å². The summed E-state index contributed by atoms with van der Waals surface area (Å²) < 4.78 is 0. The Morgan fingerprint density at radius 2 is 2.38 bits per heavy atom. The minimum Gasteiger partial charge on any atom is -0.350 e. The second-order valence-electron chi connectivity index (χ2n) is 1.05. The minimum absolute atomic E-state index is 0.688. The number of hydrogen-bond donors (Lipinski definition) is 1. The van der Waals surface area contributed by atoms with E-state index in [2.05, 4.69) is 10.8 Å². The molecule has 0 aliphatic heterocycles. The zero-order valence-corrected chi connectivity index (χ0v) is 4.29. The number of nitrogens with two attached hydrogens (primary N) is 1. The average Bonchev–Trinajstić information content (AvgIpc) is 1.67. The molecule has 2 amide bonds. The van der Waals surface area contributed by atoms with Crippen LogP contribution in [0.1, 0.15) is 0 Å². The van der Waals surface area contributed by atoms with E-state index in [1.54, 1.807) is 0 Å². The van der Waals surface area contributed by atoms with Crippen LogP contribution in [-0.4, -0.2) is 24.2 Å². The highest BCUT2D eigenvalue weighted by Gasteiger charge is 1.96. The van der Waals surface area contributed by atoms with E-state index in [9.17, 15) is 9.59 Å². The summed E-state index contributed by atoms with van der Waals surface area (Å²) in [5.74, 6) is 0. The highest BCUT2D eigenvalue weighted by molar-refractivity contribution is 5.71. The van der Waals surface area contributed by atoms with Crippen LogP contribution < -0.4 is 5.73 Å². The zero-order valence-electron chi connectivity index (χ0n) is 4.29. The summed E-state index contributed by atoms with van der Waals surface area (Å²) in [4.78, 5) is 19.3. The summed E-state index contributed by atoms with van der Waals surface area (Å²) in [6.07, 6.45) is 1.15. The van der Waals surface area contributed by atoms with E-state index in [-0.39, 0.29) is 0 Å². The van der Waals surface area contributed by atoms with Crippen LogP contribution >= 0.6 is 0 Å². The van der Waals surface area contributed by atoms with Gasteiger partial charge in [-0.1, -0.05) is 5.10 Å². The highest BCUT2D eigenvalue weighted by atomic mass is 16.2. The van der Waals surface area contributed by atoms with Crippen molar-refractivity contribution < 1.29 is 9.59 Å². The Morgan fingerprint density at radius 3 is 2.50 bits per heavy atom. The lowest BCUT2D eigenvalue weighted by Crippen LogP contribution is -2.26. The second-order valence-corrected chi connectivity index (χ2v) is 1.05. The predicted octanol–water partition coefficient (Wildman–Crippen LogP) is -0.752. The first kappa shape index (κ1) is 6.65. The largest absolute Gasteiger partial charge is 0.350 e. The smallest absolute Gasteiger partial charge is 0.335 e. The lowest BCUT2D eigenvalue weighted by atomic mass is 11.0. The van der Waals surface area contributed by atoms with Gasteiger partial charge in [0.05, 0.1) is 0 Å². The fourth-order valence-electron chi connectivity index (χ4n) is 0.111. The van der Waals surface area contributed by atoms with Crippen molar-refractivity contribution in [2.75, 3.05) is 7.05 Å². The third kappa shape index (κ3) is 1.94. The van der Waals surface area contributed by atoms with Crippen LogP contribution in [0.4, 0.5) is 4.79 Å². The molecular formula is C3H5N3O2. The SMILES string of the molecule is CN(N=C=O)C(N)=O. The molecule has 0 atom stereocenters. The molecule has 0 rings (SSSR count). The minimum atomic E-state index is -0.784. The molecule has 0 aliphatic rings. The van der Waals surface area contributed by atoms with Gasteiger partial charge in [0, 0.05) is 7.05 Å². The molecule has 2 N–H and O–H groups in total. The molecule has 0 bridgehead atoms. The number of carbonyl (C=O) groups excluding carboxylic acids is 2. The van der Waals surface area contributed by atoms with Crippen molar-refractivity contribution in [1.29, 1.82) is 0 Å². The van der Waals surface area contributed by atoms with Crippen LogP contribution in [0.3, 0.4) is 0 Å². The summed E-state index contributed by atoms with van der Waals surface area (Å²) >= 11 is 0. The van der Waals surface area contributed by atoms with Crippen molar-refractivity contribution in [3.63, 3.8) is 0 Å². The molecule has 44 valence electrons.